The summed E-state index contributed by atoms with van der Waals surface area (Å²) in [5, 5.41) is 2.88. The molecule has 1 amide bonds. The molecule has 252 valence electrons. The summed E-state index contributed by atoms with van der Waals surface area (Å²) in [5.74, 6) is 0.528. The number of nitrogens with one attached hydrogen (secondary N) is 1. The number of hydrogen-bond acceptors (Lipinski definition) is 4. The van der Waals surface area contributed by atoms with Gasteiger partial charge in [-0.3, -0.25) is 0 Å². The van der Waals surface area contributed by atoms with Crippen molar-refractivity contribution in [3.63, 3.8) is 0 Å². The van der Waals surface area contributed by atoms with E-state index in [1.54, 1.807) is 18.2 Å². The number of aryl methyl sites for hydroxylation is 7. The second kappa shape index (κ2) is 16.2. The number of ether oxygens (including phenoxy) is 1. The Morgan fingerprint density at radius 1 is 0.851 bits per heavy atom. The molecule has 3 aromatic carbocycles. The third-order valence-electron chi connectivity index (χ3n) is 7.76. The van der Waals surface area contributed by atoms with Gasteiger partial charge in [-0.25, -0.2) is 0 Å². The van der Waals surface area contributed by atoms with Crippen LogP contribution in [0.2, 0.25) is 0 Å². The number of benzene rings is 3. The topological polar surface area (TPSA) is 48.7 Å². The Labute approximate surface area is 293 Å². The van der Waals surface area contributed by atoms with Crippen molar-refractivity contribution in [2.24, 2.45) is 7.05 Å². The van der Waals surface area contributed by atoms with Crippen LogP contribution in [0.25, 0.3) is 0 Å². The maximum absolute atomic E-state index is 12.3. The summed E-state index contributed by atoms with van der Waals surface area (Å²) >= 11 is -2.01. The Hall–Kier alpha value is -3.25. The van der Waals surface area contributed by atoms with E-state index < -0.39 is 13.5 Å². The van der Waals surface area contributed by atoms with Crippen molar-refractivity contribution in [2.75, 3.05) is 28.2 Å². The van der Waals surface area contributed by atoms with E-state index in [1.807, 2.05) is 54.6 Å². The van der Waals surface area contributed by atoms with Crippen LogP contribution in [-0.2, 0) is 20.6 Å². The fourth-order valence-electron chi connectivity index (χ4n) is 6.10. The molecule has 4 aromatic rings. The third kappa shape index (κ3) is 9.89. The molecule has 47 heavy (non-hydrogen) atoms. The summed E-state index contributed by atoms with van der Waals surface area (Å²) < 4.78 is 9.44. The maximum atomic E-state index is 12.3. The van der Waals surface area contributed by atoms with E-state index in [9.17, 15) is 4.79 Å². The van der Waals surface area contributed by atoms with Gasteiger partial charge in [0, 0.05) is 24.5 Å². The van der Waals surface area contributed by atoms with E-state index >= 15 is 0 Å². The number of carbonyl (C=O) groups excluding carboxylic acids is 1. The number of rotatable bonds is 7. The van der Waals surface area contributed by atoms with Crippen LogP contribution in [-0.4, -0.2) is 29.7 Å². The summed E-state index contributed by atoms with van der Waals surface area (Å²) in [6.07, 6.45) is 3.69. The van der Waals surface area contributed by atoms with Gasteiger partial charge in [0.1, 0.15) is 0 Å². The zero-order valence-electron chi connectivity index (χ0n) is 28.8. The summed E-state index contributed by atoms with van der Waals surface area (Å²) in [5.41, 5.74) is 12.9. The van der Waals surface area contributed by atoms with Crippen molar-refractivity contribution in [3.05, 3.63) is 118 Å². The number of nitrogens with zero attached hydrogens (tertiary/aromatic N) is 3. The van der Waals surface area contributed by atoms with E-state index in [4.69, 9.17) is 24.1 Å². The minimum atomic E-state index is -2.01. The standard InChI is InChI=1S/C21H27N2.C17H18N2O2.2ClH.Ru/c1-14-9-16(3)20(17(4)10-14)22-7-8-23(13-22)21-18(5)11-15(2)12-19(21)6;1-12(2)21-16-6-5-15(11-13(16)3)18-17(20)14-7-9-19(4)10-8-14;;;/h9-13H,7-8H2,1-6H3;3,5-12H,1-2,4H3;2*1H;/q-1;;;;+2/p-1. The number of halogens is 2. The predicted molar refractivity (Wildman–Crippen MR) is 195 cm³/mol. The molecule has 0 saturated carbocycles. The van der Waals surface area contributed by atoms with Crippen LogP contribution in [0.15, 0.2) is 67.0 Å². The Balaban J connectivity index is 0.000000213. The Morgan fingerprint density at radius 2 is 1.34 bits per heavy atom. The average Bonchev–Trinajstić information content (AvgIpc) is 3.42. The van der Waals surface area contributed by atoms with Crippen molar-refractivity contribution in [3.8, 4) is 5.75 Å². The molecule has 0 unspecified atom stereocenters. The second-order valence-corrected chi connectivity index (χ2v) is 18.2. The molecule has 0 bridgehead atoms. The van der Waals surface area contributed by atoms with Crippen molar-refractivity contribution < 1.29 is 27.6 Å². The zero-order valence-corrected chi connectivity index (χ0v) is 32.0. The molecule has 0 radical (unpaired) electrons. The summed E-state index contributed by atoms with van der Waals surface area (Å²) in [6, 6.07) is 18.1. The fourth-order valence-corrected chi connectivity index (χ4v) is 7.88. The van der Waals surface area contributed by atoms with Gasteiger partial charge in [-0.2, -0.15) is 6.67 Å². The van der Waals surface area contributed by atoms with Crippen LogP contribution in [0.3, 0.4) is 0 Å². The zero-order chi connectivity index (χ0) is 34.4. The first-order chi connectivity index (χ1) is 22.2. The van der Waals surface area contributed by atoms with Crippen molar-refractivity contribution in [1.82, 2.24) is 0 Å². The molecule has 0 aliphatic carbocycles. The molecule has 1 saturated heterocycles. The first-order valence-corrected chi connectivity index (χ1v) is 21.1. The van der Waals surface area contributed by atoms with E-state index in [1.165, 1.54) is 44.8 Å². The average molecular weight is 763 g/mol. The molecule has 5 rings (SSSR count). The number of anilines is 3. The van der Waals surface area contributed by atoms with E-state index in [-0.39, 0.29) is 12.0 Å². The van der Waals surface area contributed by atoms with Crippen molar-refractivity contribution in [2.45, 2.75) is 61.5 Å². The van der Waals surface area contributed by atoms with Gasteiger partial charge in [0.05, 0.1) is 0 Å². The molecular weight excluding hydrogens is 716 g/mol. The number of hydrogen-bond donors (Lipinski definition) is 1. The van der Waals surface area contributed by atoms with Crippen LogP contribution in [0, 0.1) is 48.2 Å². The predicted octanol–water partition coefficient (Wildman–Crippen LogP) is 8.61. The van der Waals surface area contributed by atoms with Gasteiger partial charge in [-0.15, -0.1) is 0 Å². The monoisotopic (exact) mass is 762 g/mol. The number of aromatic nitrogens is 1. The summed E-state index contributed by atoms with van der Waals surface area (Å²) in [6.45, 7) is 21.5. The largest absolute Gasteiger partial charge is 0.502 e. The molecule has 9 heteroatoms. The van der Waals surface area contributed by atoms with Crippen molar-refractivity contribution >= 4 is 47.0 Å². The van der Waals surface area contributed by atoms with Crippen LogP contribution in [0.1, 0.15) is 63.1 Å². The SMILES string of the molecule is CC(C)Oc1ccc(NC(=O)c2cc[n+](C)cc2)cc1[CH]=[Ru]([Cl])[Cl].Cc1cc(C)c(N2[CH-]N(c3c(C)cc(C)cc3C)CC2)c(C)c1. The van der Waals surface area contributed by atoms with Gasteiger partial charge in [-0.05, 0) is 63.8 Å². The summed E-state index contributed by atoms with van der Waals surface area (Å²) in [4.78, 5) is 17.1. The van der Waals surface area contributed by atoms with Crippen LogP contribution in [0.4, 0.5) is 17.1 Å². The number of carbonyl (C=O) groups is 1. The first-order valence-electron chi connectivity index (χ1n) is 15.7. The molecule has 0 spiro atoms. The molecule has 1 fully saturated rings. The third-order valence-corrected chi connectivity index (χ3v) is 9.60. The first kappa shape index (κ1) is 36.6. The number of amides is 1. The molecule has 1 aliphatic heterocycles. The normalized spacial score (nSPS) is 12.9. The molecule has 1 N–H and O–H groups in total. The minimum absolute atomic E-state index is 0.0361. The van der Waals surface area contributed by atoms with Gasteiger partial charge in [-0.1, -0.05) is 35.4 Å². The Bertz CT molecular complexity index is 1660. The van der Waals surface area contributed by atoms with Crippen LogP contribution in [0.5, 0.6) is 5.75 Å². The maximum Gasteiger partial charge on any atom is 0.0146 e. The molecule has 0 atom stereocenters. The molecule has 6 nitrogen and oxygen atoms in total. The van der Waals surface area contributed by atoms with E-state index in [0.717, 1.165) is 18.7 Å². The Kier molecular flexibility index (Phi) is 12.6. The van der Waals surface area contributed by atoms with Gasteiger partial charge >= 0.3 is 155 Å². The smallest absolute Gasteiger partial charge is 0.0146 e. The Morgan fingerprint density at radius 3 is 1.79 bits per heavy atom. The van der Waals surface area contributed by atoms with Gasteiger partial charge in [0.15, 0.2) is 0 Å². The molecule has 1 aromatic heterocycles. The fraction of sp³-hybridized carbons (Fsp3) is 0.316. The molecule has 1 aliphatic rings. The molecular formula is C38H46Cl2N4O2Ru. The quantitative estimate of drug-likeness (QED) is 0.117. The van der Waals surface area contributed by atoms with Crippen molar-refractivity contribution in [1.29, 1.82) is 0 Å². The van der Waals surface area contributed by atoms with Crippen LogP contribution >= 0.6 is 19.4 Å². The van der Waals surface area contributed by atoms with E-state index in [2.05, 4.69) is 87.6 Å². The second-order valence-electron chi connectivity index (χ2n) is 12.4. The van der Waals surface area contributed by atoms with Crippen LogP contribution < -0.4 is 24.4 Å². The molecule has 2 heterocycles. The van der Waals surface area contributed by atoms with Gasteiger partial charge < -0.3 is 9.80 Å². The number of pyridine rings is 1. The minimum Gasteiger partial charge on any atom is -0.502 e. The van der Waals surface area contributed by atoms with Gasteiger partial charge in [0.25, 0.3) is 0 Å². The van der Waals surface area contributed by atoms with E-state index in [0.29, 0.717) is 17.0 Å². The van der Waals surface area contributed by atoms with Gasteiger partial charge in [0.2, 0.25) is 0 Å². The summed E-state index contributed by atoms with van der Waals surface area (Å²) in [7, 11) is 13.9.